The van der Waals surface area contributed by atoms with Crippen molar-refractivity contribution in [2.45, 2.75) is 65.6 Å². The summed E-state index contributed by atoms with van der Waals surface area (Å²) in [6.07, 6.45) is 0. The van der Waals surface area contributed by atoms with Gasteiger partial charge in [-0.25, -0.2) is 0 Å². The minimum atomic E-state index is -0.340. The Kier molecular flexibility index (Phi) is 7.69. The maximum absolute atomic E-state index is 10.1. The molecule has 4 N–H and O–H groups in total. The minimum absolute atomic E-state index is 0.00390. The second kappa shape index (κ2) is 10.3. The molecule has 8 heteroatoms. The molecular weight excluding hydrogens is 404 g/mol. The van der Waals surface area contributed by atoms with Gasteiger partial charge in [-0.15, -0.1) is 5.10 Å². The topological polar surface area (TPSA) is 108 Å². The average molecular weight is 441 g/mol. The molecule has 0 aromatic heterocycles. The SMILES string of the molecule is CC(C)c1nnc2c(N[C@H](CO)c3ccccc3)nc(N[C@H](CO)C(C)C)n(C(C)C)c1-2. The van der Waals surface area contributed by atoms with Crippen LogP contribution in [0, 0.1) is 5.92 Å². The van der Waals surface area contributed by atoms with Crippen LogP contribution in [0.2, 0.25) is 0 Å². The van der Waals surface area contributed by atoms with Crippen LogP contribution in [0.25, 0.3) is 11.4 Å². The van der Waals surface area contributed by atoms with Crippen molar-refractivity contribution in [1.29, 1.82) is 0 Å². The van der Waals surface area contributed by atoms with Crippen LogP contribution in [-0.4, -0.2) is 49.2 Å². The molecule has 0 spiro atoms. The van der Waals surface area contributed by atoms with E-state index in [4.69, 9.17) is 4.98 Å². The molecule has 0 amide bonds. The van der Waals surface area contributed by atoms with Crippen LogP contribution in [-0.2, 0) is 0 Å². The molecule has 1 aromatic rings. The number of nitrogens with one attached hydrogen (secondary N) is 2. The Hall–Kier alpha value is -2.71. The van der Waals surface area contributed by atoms with Gasteiger partial charge in [0, 0.05) is 6.04 Å². The van der Waals surface area contributed by atoms with Gasteiger partial charge >= 0.3 is 0 Å². The van der Waals surface area contributed by atoms with Crippen LogP contribution in [0.4, 0.5) is 11.8 Å². The summed E-state index contributed by atoms with van der Waals surface area (Å²) in [6, 6.07) is 9.38. The Morgan fingerprint density at radius 1 is 0.906 bits per heavy atom. The summed E-state index contributed by atoms with van der Waals surface area (Å²) >= 11 is 0. The Labute approximate surface area is 190 Å². The van der Waals surface area contributed by atoms with Gasteiger partial charge in [0.25, 0.3) is 0 Å². The van der Waals surface area contributed by atoms with E-state index in [1.807, 2.05) is 30.3 Å². The molecule has 0 bridgehead atoms. The first-order valence-electron chi connectivity index (χ1n) is 11.4. The number of hydrogen-bond acceptors (Lipinski definition) is 7. The van der Waals surface area contributed by atoms with Crippen LogP contribution in [0.1, 0.15) is 70.8 Å². The lowest BCUT2D eigenvalue weighted by Crippen LogP contribution is -2.32. The average Bonchev–Trinajstić information content (AvgIpc) is 3.21. The highest BCUT2D eigenvalue weighted by molar-refractivity contribution is 5.75. The van der Waals surface area contributed by atoms with Crippen molar-refractivity contribution < 1.29 is 10.2 Å². The van der Waals surface area contributed by atoms with Gasteiger partial charge in [0.1, 0.15) is 0 Å². The molecule has 2 heterocycles. The molecule has 3 rings (SSSR count). The predicted octanol–water partition coefficient (Wildman–Crippen LogP) is 4.06. The van der Waals surface area contributed by atoms with Gasteiger partial charge in [-0.1, -0.05) is 58.0 Å². The van der Waals surface area contributed by atoms with Gasteiger partial charge in [0.15, 0.2) is 11.5 Å². The van der Waals surface area contributed by atoms with E-state index >= 15 is 0 Å². The number of nitrogens with zero attached hydrogens (tertiary/aromatic N) is 4. The third kappa shape index (κ3) is 4.86. The van der Waals surface area contributed by atoms with Gasteiger partial charge in [0.2, 0.25) is 5.95 Å². The lowest BCUT2D eigenvalue weighted by atomic mass is 10.0. The van der Waals surface area contributed by atoms with Crippen LogP contribution in [0.15, 0.2) is 30.3 Å². The number of hydrogen-bond donors (Lipinski definition) is 4. The van der Waals surface area contributed by atoms with E-state index in [2.05, 4.69) is 66.9 Å². The highest BCUT2D eigenvalue weighted by atomic mass is 16.3. The first kappa shape index (κ1) is 23.9. The highest BCUT2D eigenvalue weighted by Gasteiger charge is 2.30. The van der Waals surface area contributed by atoms with Gasteiger partial charge in [-0.05, 0) is 31.2 Å². The smallest absolute Gasteiger partial charge is 0.205 e. The van der Waals surface area contributed by atoms with Crippen molar-refractivity contribution in [3.63, 3.8) is 0 Å². The van der Waals surface area contributed by atoms with Crippen LogP contribution < -0.4 is 10.6 Å². The van der Waals surface area contributed by atoms with E-state index in [1.165, 1.54) is 0 Å². The highest BCUT2D eigenvalue weighted by Crippen LogP contribution is 2.38. The van der Waals surface area contributed by atoms with Crippen LogP contribution in [0.5, 0.6) is 0 Å². The molecule has 1 aromatic carbocycles. The van der Waals surface area contributed by atoms with Crippen molar-refractivity contribution in [3.05, 3.63) is 41.6 Å². The summed E-state index contributed by atoms with van der Waals surface area (Å²) in [5, 5.41) is 35.8. The lowest BCUT2D eigenvalue weighted by molar-refractivity contribution is 0.248. The first-order valence-corrected chi connectivity index (χ1v) is 11.4. The monoisotopic (exact) mass is 440 g/mol. The molecule has 0 saturated carbocycles. The second-order valence-corrected chi connectivity index (χ2v) is 9.15. The number of fused-ring (bicyclic) bond motifs is 1. The molecule has 8 nitrogen and oxygen atoms in total. The quantitative estimate of drug-likeness (QED) is 0.376. The Morgan fingerprint density at radius 2 is 1.59 bits per heavy atom. The minimum Gasteiger partial charge on any atom is -0.394 e. The summed E-state index contributed by atoms with van der Waals surface area (Å²) in [5.74, 6) is 1.59. The van der Waals surface area contributed by atoms with Gasteiger partial charge in [0.05, 0.1) is 36.7 Å². The zero-order valence-corrected chi connectivity index (χ0v) is 19.9. The summed E-state index contributed by atoms with van der Waals surface area (Å²) in [5.41, 5.74) is 3.44. The number of anilines is 2. The maximum Gasteiger partial charge on any atom is 0.205 e. The van der Waals surface area contributed by atoms with E-state index in [0.717, 1.165) is 17.0 Å². The molecule has 2 aliphatic heterocycles. The van der Waals surface area contributed by atoms with Gasteiger partial charge < -0.3 is 25.4 Å². The number of aliphatic hydroxyl groups excluding tert-OH is 2. The molecule has 0 saturated heterocycles. The van der Waals surface area contributed by atoms with Gasteiger partial charge in [-0.3, -0.25) is 0 Å². The lowest BCUT2D eigenvalue weighted by Gasteiger charge is -2.29. The van der Waals surface area contributed by atoms with Crippen LogP contribution >= 0.6 is 0 Å². The summed E-state index contributed by atoms with van der Waals surface area (Å²) in [6.45, 7) is 12.4. The van der Waals surface area contributed by atoms with Crippen molar-refractivity contribution in [2.75, 3.05) is 23.8 Å². The predicted molar refractivity (Wildman–Crippen MR) is 128 cm³/mol. The van der Waals surface area contributed by atoms with Crippen molar-refractivity contribution in [1.82, 2.24) is 19.7 Å². The van der Waals surface area contributed by atoms with E-state index in [0.29, 0.717) is 17.5 Å². The summed E-state index contributed by atoms with van der Waals surface area (Å²) in [4.78, 5) is 4.89. The van der Waals surface area contributed by atoms with Crippen LogP contribution in [0.3, 0.4) is 0 Å². The molecule has 2 aliphatic rings. The third-order valence-electron chi connectivity index (χ3n) is 5.71. The Bertz CT molecular complexity index is 970. The molecular formula is C24H36N6O2. The largest absolute Gasteiger partial charge is 0.394 e. The normalized spacial score (nSPS) is 13.8. The molecule has 0 aliphatic carbocycles. The number of benzene rings is 1. The fourth-order valence-electron chi connectivity index (χ4n) is 3.80. The van der Waals surface area contributed by atoms with Crippen molar-refractivity contribution >= 4 is 11.8 Å². The molecule has 32 heavy (non-hydrogen) atoms. The summed E-state index contributed by atoms with van der Waals surface area (Å²) < 4.78 is 2.11. The fourth-order valence-corrected chi connectivity index (χ4v) is 3.80. The molecule has 174 valence electrons. The first-order chi connectivity index (χ1) is 15.3. The van der Waals surface area contributed by atoms with E-state index < -0.39 is 0 Å². The Balaban J connectivity index is 2.17. The second-order valence-electron chi connectivity index (χ2n) is 9.15. The Morgan fingerprint density at radius 3 is 2.12 bits per heavy atom. The molecule has 0 radical (unpaired) electrons. The molecule has 2 atom stereocenters. The fraction of sp³-hybridized carbons (Fsp3) is 0.542. The van der Waals surface area contributed by atoms with E-state index in [9.17, 15) is 10.2 Å². The molecule has 0 unspecified atom stereocenters. The van der Waals surface area contributed by atoms with Crippen molar-refractivity contribution in [2.24, 2.45) is 5.92 Å². The number of aliphatic hydroxyl groups is 2. The number of aromatic nitrogens is 4. The zero-order valence-electron chi connectivity index (χ0n) is 19.9. The summed E-state index contributed by atoms with van der Waals surface area (Å²) in [7, 11) is 0. The number of rotatable bonds is 10. The van der Waals surface area contributed by atoms with E-state index in [1.54, 1.807) is 0 Å². The van der Waals surface area contributed by atoms with Crippen molar-refractivity contribution in [3.8, 4) is 11.4 Å². The third-order valence-corrected chi connectivity index (χ3v) is 5.71. The standard InChI is InChI=1S/C24H36N6O2/c1-14(2)18(12-31)26-24-27-23(25-19(13-32)17-10-8-7-9-11-17)21-22(30(24)16(5)6)20(15(3)4)28-29-21/h7-11,14-16,18-19,25,31-32H,12-13H2,1-6H3,(H,26,27)/t18-,19-/m1/s1. The van der Waals surface area contributed by atoms with E-state index in [-0.39, 0.29) is 43.2 Å². The molecule has 0 fully saturated rings. The van der Waals surface area contributed by atoms with Gasteiger partial charge in [-0.2, -0.15) is 10.1 Å². The zero-order chi connectivity index (χ0) is 23.4. The maximum atomic E-state index is 10.1.